The van der Waals surface area contributed by atoms with Gasteiger partial charge < -0.3 is 9.88 Å². The summed E-state index contributed by atoms with van der Waals surface area (Å²) in [4.78, 5) is 18.4. The zero-order chi connectivity index (χ0) is 24.6. The van der Waals surface area contributed by atoms with Gasteiger partial charge in [0.1, 0.15) is 5.82 Å². The van der Waals surface area contributed by atoms with Crippen molar-refractivity contribution in [2.45, 2.75) is 45.6 Å². The molecule has 1 heterocycles. The predicted octanol–water partition coefficient (Wildman–Crippen LogP) is 3.80. The summed E-state index contributed by atoms with van der Waals surface area (Å²) in [5.74, 6) is 1.00. The maximum absolute atomic E-state index is 13.6. The highest BCUT2D eigenvalue weighted by Gasteiger charge is 2.25. The molecule has 3 aromatic rings. The van der Waals surface area contributed by atoms with Crippen LogP contribution in [-0.2, 0) is 30.1 Å². The average Bonchev–Trinajstić information content (AvgIpc) is 3.07. The fraction of sp³-hybridized carbons (Fsp3) is 0.440. The number of aryl methyl sites for hydroxylation is 2. The van der Waals surface area contributed by atoms with Crippen molar-refractivity contribution in [3.05, 3.63) is 58.9 Å². The molecule has 1 amide bonds. The molecule has 0 unspecified atom stereocenters. The largest absolute Gasteiger partial charge is 0.345 e. The maximum Gasteiger partial charge on any atom is 0.301 e. The van der Waals surface area contributed by atoms with Crippen LogP contribution in [0.3, 0.4) is 0 Å². The second kappa shape index (κ2) is 9.38. The molecule has 0 radical (unpaired) electrons. The Labute approximate surface area is 201 Å². The number of carbonyl (C=O) groups is 1. The molecule has 0 fully saturated rings. The molecule has 2 N–H and O–H groups in total. The number of imidazole rings is 1. The minimum absolute atomic E-state index is 0.0852. The lowest BCUT2D eigenvalue weighted by molar-refractivity contribution is 0.0934. The third kappa shape index (κ3) is 4.81. The summed E-state index contributed by atoms with van der Waals surface area (Å²) in [6.45, 7) is 4.23. The summed E-state index contributed by atoms with van der Waals surface area (Å²) in [5, 5.41) is 3.21. The van der Waals surface area contributed by atoms with Crippen LogP contribution in [0.1, 0.15) is 60.0 Å². The van der Waals surface area contributed by atoms with Crippen LogP contribution in [0.15, 0.2) is 36.4 Å². The third-order valence-corrected chi connectivity index (χ3v) is 7.75. The van der Waals surface area contributed by atoms with Gasteiger partial charge in [0, 0.05) is 27.6 Å². The molecule has 2 aromatic carbocycles. The van der Waals surface area contributed by atoms with Crippen LogP contribution in [0, 0.1) is 5.92 Å². The van der Waals surface area contributed by atoms with Crippen molar-refractivity contribution >= 4 is 32.8 Å². The molecule has 1 aliphatic rings. The molecule has 0 aliphatic heterocycles. The van der Waals surface area contributed by atoms with Crippen molar-refractivity contribution in [1.82, 2.24) is 19.2 Å². The molecular weight excluding hydrogens is 450 g/mol. The van der Waals surface area contributed by atoms with E-state index in [-0.39, 0.29) is 11.9 Å². The molecule has 9 heteroatoms. The Morgan fingerprint density at radius 3 is 2.68 bits per heavy atom. The number of nitrogens with zero attached hydrogens (tertiary/aromatic N) is 3. The van der Waals surface area contributed by atoms with Gasteiger partial charge in [-0.1, -0.05) is 38.1 Å². The summed E-state index contributed by atoms with van der Waals surface area (Å²) < 4.78 is 30.6. The number of amides is 1. The van der Waals surface area contributed by atoms with E-state index in [0.29, 0.717) is 28.2 Å². The van der Waals surface area contributed by atoms with Gasteiger partial charge in [-0.25, -0.2) is 4.98 Å². The standard InChI is InChI=1S/C25H33N5O3S/c1-16(2)13-23-26-22-15-18(28-34(32,33)29(3)4)14-20(24(22)30(23)5)25(31)27-21-12-8-10-17-9-6-7-11-19(17)21/h6-7,9,11,14-16,21,28H,8,10,12-13H2,1-5H3,(H,27,31)/t21-/m0/s1. The first-order chi connectivity index (χ1) is 16.1. The molecular formula is C25H33N5O3S. The Kier molecular flexibility index (Phi) is 6.69. The van der Waals surface area contributed by atoms with E-state index in [0.717, 1.165) is 41.4 Å². The first-order valence-electron chi connectivity index (χ1n) is 11.6. The van der Waals surface area contributed by atoms with Gasteiger partial charge >= 0.3 is 10.2 Å². The van der Waals surface area contributed by atoms with Crippen LogP contribution < -0.4 is 10.0 Å². The van der Waals surface area contributed by atoms with E-state index in [2.05, 4.69) is 36.0 Å². The van der Waals surface area contributed by atoms with Crippen molar-refractivity contribution in [2.24, 2.45) is 13.0 Å². The van der Waals surface area contributed by atoms with Crippen molar-refractivity contribution in [2.75, 3.05) is 18.8 Å². The number of anilines is 1. The highest BCUT2D eigenvalue weighted by atomic mass is 32.2. The summed E-state index contributed by atoms with van der Waals surface area (Å²) in [7, 11) is 1.08. The maximum atomic E-state index is 13.6. The Morgan fingerprint density at radius 1 is 1.24 bits per heavy atom. The van der Waals surface area contributed by atoms with Crippen LogP contribution >= 0.6 is 0 Å². The first-order valence-corrected chi connectivity index (χ1v) is 13.1. The monoisotopic (exact) mass is 483 g/mol. The van der Waals surface area contributed by atoms with Gasteiger partial charge in [-0.3, -0.25) is 9.52 Å². The fourth-order valence-electron chi connectivity index (χ4n) is 4.56. The van der Waals surface area contributed by atoms with E-state index in [1.54, 1.807) is 12.1 Å². The quantitative estimate of drug-likeness (QED) is 0.534. The summed E-state index contributed by atoms with van der Waals surface area (Å²) in [6, 6.07) is 11.4. The van der Waals surface area contributed by atoms with Gasteiger partial charge in [0.25, 0.3) is 5.91 Å². The number of nitrogens with one attached hydrogen (secondary N) is 2. The van der Waals surface area contributed by atoms with Crippen LogP contribution in [0.5, 0.6) is 0 Å². The predicted molar refractivity (Wildman–Crippen MR) is 135 cm³/mol. The molecule has 1 aliphatic carbocycles. The lowest BCUT2D eigenvalue weighted by Crippen LogP contribution is -2.32. The number of fused-ring (bicyclic) bond motifs is 2. The molecule has 0 bridgehead atoms. The zero-order valence-electron chi connectivity index (χ0n) is 20.4. The van der Waals surface area contributed by atoms with Crippen molar-refractivity contribution in [3.63, 3.8) is 0 Å². The van der Waals surface area contributed by atoms with Gasteiger partial charge in [-0.05, 0) is 48.4 Å². The molecule has 0 saturated carbocycles. The lowest BCUT2D eigenvalue weighted by Gasteiger charge is -2.26. The number of aromatic nitrogens is 2. The van der Waals surface area contributed by atoms with Crippen LogP contribution in [0.25, 0.3) is 11.0 Å². The molecule has 34 heavy (non-hydrogen) atoms. The lowest BCUT2D eigenvalue weighted by atomic mass is 9.87. The van der Waals surface area contributed by atoms with E-state index in [9.17, 15) is 13.2 Å². The van der Waals surface area contributed by atoms with E-state index in [1.165, 1.54) is 19.7 Å². The average molecular weight is 484 g/mol. The molecule has 8 nitrogen and oxygen atoms in total. The number of benzene rings is 2. The summed E-state index contributed by atoms with van der Waals surface area (Å²) in [6.07, 6.45) is 3.63. The highest BCUT2D eigenvalue weighted by Crippen LogP contribution is 2.31. The van der Waals surface area contributed by atoms with Gasteiger partial charge in [-0.2, -0.15) is 12.7 Å². The molecule has 0 saturated heterocycles. The topological polar surface area (TPSA) is 96.3 Å². The highest BCUT2D eigenvalue weighted by molar-refractivity contribution is 7.90. The van der Waals surface area contributed by atoms with Crippen LogP contribution in [0.4, 0.5) is 5.69 Å². The van der Waals surface area contributed by atoms with E-state index in [1.807, 2.05) is 23.7 Å². The number of carbonyl (C=O) groups excluding carboxylic acids is 1. The number of hydrogen-bond donors (Lipinski definition) is 2. The molecule has 4 rings (SSSR count). The van der Waals surface area contributed by atoms with Crippen LogP contribution in [-0.4, -0.2) is 42.3 Å². The normalized spacial score (nSPS) is 16.1. The number of hydrogen-bond acceptors (Lipinski definition) is 4. The van der Waals surface area contributed by atoms with Gasteiger partial charge in [-0.15, -0.1) is 0 Å². The fourth-order valence-corrected chi connectivity index (χ4v) is 5.16. The van der Waals surface area contributed by atoms with Crippen molar-refractivity contribution in [1.29, 1.82) is 0 Å². The Bertz CT molecular complexity index is 1330. The zero-order valence-corrected chi connectivity index (χ0v) is 21.2. The van der Waals surface area contributed by atoms with Crippen LogP contribution in [0.2, 0.25) is 0 Å². The van der Waals surface area contributed by atoms with Gasteiger partial charge in [0.05, 0.1) is 28.3 Å². The Balaban J connectivity index is 1.78. The minimum Gasteiger partial charge on any atom is -0.345 e. The van der Waals surface area contributed by atoms with Gasteiger partial charge in [0.15, 0.2) is 0 Å². The molecule has 0 spiro atoms. The molecule has 1 atom stereocenters. The Morgan fingerprint density at radius 2 is 1.97 bits per heavy atom. The minimum atomic E-state index is -3.73. The van der Waals surface area contributed by atoms with Crippen molar-refractivity contribution in [3.8, 4) is 0 Å². The molecule has 1 aromatic heterocycles. The molecule has 182 valence electrons. The summed E-state index contributed by atoms with van der Waals surface area (Å²) in [5.41, 5.74) is 4.41. The van der Waals surface area contributed by atoms with E-state index >= 15 is 0 Å². The SMILES string of the molecule is CC(C)Cc1nc2cc(NS(=O)(=O)N(C)C)cc(C(=O)N[C@H]3CCCc4ccccc43)c2n1C. The Hall–Kier alpha value is -2.91. The number of rotatable bonds is 7. The second-order valence-corrected chi connectivity index (χ2v) is 11.5. The smallest absolute Gasteiger partial charge is 0.301 e. The van der Waals surface area contributed by atoms with Crippen molar-refractivity contribution < 1.29 is 13.2 Å². The first kappa shape index (κ1) is 24.2. The van der Waals surface area contributed by atoms with Gasteiger partial charge in [0.2, 0.25) is 0 Å². The summed E-state index contributed by atoms with van der Waals surface area (Å²) >= 11 is 0. The van der Waals surface area contributed by atoms with E-state index < -0.39 is 10.2 Å². The third-order valence-electron chi connectivity index (χ3n) is 6.30. The second-order valence-electron chi connectivity index (χ2n) is 9.58. The van der Waals surface area contributed by atoms with E-state index in [4.69, 9.17) is 4.98 Å².